The molecule has 3 rings (SSSR count). The highest BCUT2D eigenvalue weighted by Crippen LogP contribution is 2.23. The largest absolute Gasteiger partial charge is 0.325 e. The molecule has 8 nitrogen and oxygen atoms in total. The number of benzene rings is 2. The van der Waals surface area contributed by atoms with Crippen LogP contribution in [0.25, 0.3) is 0 Å². The zero-order chi connectivity index (χ0) is 24.2. The fourth-order valence-corrected chi connectivity index (χ4v) is 4.68. The first-order valence-corrected chi connectivity index (χ1v) is 12.8. The standard InChI is InChI=1S/C21H23F2N5O3S2/c1-4-27-19(12-28(33(3,30)31)16-8-5-14(2)6-9-16)25-26-21(27)32-13-20(29)24-15-7-10-17(22)18(23)11-15/h5-11H,4,12-13H2,1-3H3,(H,24,29). The van der Waals surface area contributed by atoms with E-state index in [1.807, 2.05) is 26.0 Å². The van der Waals surface area contributed by atoms with Gasteiger partial charge in [0.25, 0.3) is 0 Å². The van der Waals surface area contributed by atoms with Crippen molar-refractivity contribution in [3.63, 3.8) is 0 Å². The van der Waals surface area contributed by atoms with Crippen LogP contribution in [0.2, 0.25) is 0 Å². The first-order valence-electron chi connectivity index (χ1n) is 9.92. The molecule has 0 aliphatic heterocycles. The molecule has 0 spiro atoms. The minimum atomic E-state index is -3.59. The van der Waals surface area contributed by atoms with Crippen molar-refractivity contribution < 1.29 is 22.0 Å². The summed E-state index contributed by atoms with van der Waals surface area (Å²) >= 11 is 1.10. The van der Waals surface area contributed by atoms with E-state index in [0.717, 1.165) is 35.7 Å². The minimum Gasteiger partial charge on any atom is -0.325 e. The minimum absolute atomic E-state index is 0.0235. The molecule has 1 amide bonds. The van der Waals surface area contributed by atoms with E-state index >= 15 is 0 Å². The summed E-state index contributed by atoms with van der Waals surface area (Å²) in [6, 6.07) is 10.2. The summed E-state index contributed by atoms with van der Waals surface area (Å²) in [6.45, 7) is 4.20. The van der Waals surface area contributed by atoms with E-state index in [0.29, 0.717) is 23.2 Å². The van der Waals surface area contributed by atoms with Gasteiger partial charge >= 0.3 is 0 Å². The zero-order valence-corrected chi connectivity index (χ0v) is 19.9. The van der Waals surface area contributed by atoms with Gasteiger partial charge in [0.2, 0.25) is 15.9 Å². The van der Waals surface area contributed by atoms with E-state index in [1.165, 1.54) is 10.4 Å². The van der Waals surface area contributed by atoms with Crippen LogP contribution in [0, 0.1) is 18.6 Å². The number of carbonyl (C=O) groups is 1. The number of nitrogens with one attached hydrogen (secondary N) is 1. The van der Waals surface area contributed by atoms with Crippen LogP contribution in [0.3, 0.4) is 0 Å². The van der Waals surface area contributed by atoms with Gasteiger partial charge in [-0.15, -0.1) is 10.2 Å². The number of halogens is 2. The van der Waals surface area contributed by atoms with Crippen LogP contribution in [0.4, 0.5) is 20.2 Å². The van der Waals surface area contributed by atoms with Crippen LogP contribution in [0.1, 0.15) is 18.3 Å². The van der Waals surface area contributed by atoms with E-state index in [4.69, 9.17) is 0 Å². The molecule has 0 saturated carbocycles. The highest BCUT2D eigenvalue weighted by Gasteiger charge is 2.22. The Hall–Kier alpha value is -2.99. The van der Waals surface area contributed by atoms with Crippen molar-refractivity contribution in [1.82, 2.24) is 14.8 Å². The van der Waals surface area contributed by atoms with Gasteiger partial charge in [-0.05, 0) is 38.1 Å². The molecule has 0 bridgehead atoms. The predicted octanol–water partition coefficient (Wildman–Crippen LogP) is 3.58. The number of hydrogen-bond acceptors (Lipinski definition) is 6. The summed E-state index contributed by atoms with van der Waals surface area (Å²) in [6.07, 6.45) is 1.12. The first kappa shape index (κ1) is 24.6. The fraction of sp³-hybridized carbons (Fsp3) is 0.286. The van der Waals surface area contributed by atoms with Gasteiger partial charge in [-0.1, -0.05) is 29.5 Å². The Bertz CT molecular complexity index is 1250. The van der Waals surface area contributed by atoms with Crippen molar-refractivity contribution in [1.29, 1.82) is 0 Å². The van der Waals surface area contributed by atoms with Crippen LogP contribution in [-0.4, -0.2) is 41.1 Å². The molecule has 1 heterocycles. The molecule has 0 unspecified atom stereocenters. The monoisotopic (exact) mass is 495 g/mol. The van der Waals surface area contributed by atoms with E-state index in [9.17, 15) is 22.0 Å². The number of thioether (sulfide) groups is 1. The van der Waals surface area contributed by atoms with E-state index in [-0.39, 0.29) is 18.0 Å². The van der Waals surface area contributed by atoms with Crippen LogP contribution in [0.5, 0.6) is 0 Å². The molecule has 1 N–H and O–H groups in total. The predicted molar refractivity (Wildman–Crippen MR) is 124 cm³/mol. The smallest absolute Gasteiger partial charge is 0.234 e. The number of amides is 1. The number of anilines is 2. The summed E-state index contributed by atoms with van der Waals surface area (Å²) in [4.78, 5) is 12.2. The SMILES string of the molecule is CCn1c(CN(c2ccc(C)cc2)S(C)(=O)=O)nnc1SCC(=O)Nc1ccc(F)c(F)c1. The maximum atomic E-state index is 13.3. The van der Waals surface area contributed by atoms with Gasteiger partial charge in [-0.25, -0.2) is 17.2 Å². The van der Waals surface area contributed by atoms with Crippen LogP contribution in [0.15, 0.2) is 47.6 Å². The molecule has 0 aliphatic carbocycles. The van der Waals surface area contributed by atoms with Crippen molar-refractivity contribution in [3.8, 4) is 0 Å². The second-order valence-corrected chi connectivity index (χ2v) is 10.1. The average molecular weight is 496 g/mol. The molecule has 176 valence electrons. The Morgan fingerprint density at radius 1 is 1.12 bits per heavy atom. The van der Waals surface area contributed by atoms with E-state index < -0.39 is 27.6 Å². The van der Waals surface area contributed by atoms with Crippen molar-refractivity contribution in [2.24, 2.45) is 0 Å². The van der Waals surface area contributed by atoms with E-state index in [1.54, 1.807) is 16.7 Å². The molecule has 0 atom stereocenters. The number of hydrogen-bond donors (Lipinski definition) is 1. The molecule has 33 heavy (non-hydrogen) atoms. The maximum absolute atomic E-state index is 13.3. The van der Waals surface area contributed by atoms with Crippen molar-refractivity contribution in [2.75, 3.05) is 21.6 Å². The normalized spacial score (nSPS) is 11.4. The molecule has 12 heteroatoms. The van der Waals surface area contributed by atoms with Gasteiger partial charge in [0.1, 0.15) is 0 Å². The number of sulfonamides is 1. The Morgan fingerprint density at radius 3 is 2.42 bits per heavy atom. The highest BCUT2D eigenvalue weighted by atomic mass is 32.2. The summed E-state index contributed by atoms with van der Waals surface area (Å²) in [5.41, 5.74) is 1.65. The molecular formula is C21H23F2N5O3S2. The second kappa shape index (κ2) is 10.3. The van der Waals surface area contributed by atoms with Crippen LogP contribution < -0.4 is 9.62 Å². The molecule has 1 aromatic heterocycles. The number of aryl methyl sites for hydroxylation is 1. The number of rotatable bonds is 9. The highest BCUT2D eigenvalue weighted by molar-refractivity contribution is 7.99. The van der Waals surface area contributed by atoms with Gasteiger partial charge in [-0.3, -0.25) is 9.10 Å². The number of carbonyl (C=O) groups excluding carboxylic acids is 1. The third-order valence-electron chi connectivity index (χ3n) is 4.65. The average Bonchev–Trinajstić information content (AvgIpc) is 3.15. The second-order valence-electron chi connectivity index (χ2n) is 7.21. The molecule has 0 aliphatic rings. The summed E-state index contributed by atoms with van der Waals surface area (Å²) in [7, 11) is -3.59. The Morgan fingerprint density at radius 2 is 1.82 bits per heavy atom. The van der Waals surface area contributed by atoms with Gasteiger partial charge in [0.15, 0.2) is 22.6 Å². The lowest BCUT2D eigenvalue weighted by molar-refractivity contribution is -0.113. The molecule has 0 fully saturated rings. The lowest BCUT2D eigenvalue weighted by Crippen LogP contribution is -2.30. The lowest BCUT2D eigenvalue weighted by Gasteiger charge is -2.22. The quantitative estimate of drug-likeness (QED) is 0.456. The van der Waals surface area contributed by atoms with Crippen molar-refractivity contribution >= 4 is 39.1 Å². The van der Waals surface area contributed by atoms with Crippen molar-refractivity contribution in [3.05, 3.63) is 65.5 Å². The zero-order valence-electron chi connectivity index (χ0n) is 18.2. The Kier molecular flexibility index (Phi) is 7.69. The molecule has 2 aromatic carbocycles. The topological polar surface area (TPSA) is 97.2 Å². The Labute approximate surface area is 195 Å². The van der Waals surface area contributed by atoms with Gasteiger partial charge < -0.3 is 9.88 Å². The van der Waals surface area contributed by atoms with Crippen molar-refractivity contribution in [2.45, 2.75) is 32.1 Å². The first-order chi connectivity index (χ1) is 15.6. The van der Waals surface area contributed by atoms with Crippen LogP contribution in [-0.2, 0) is 27.9 Å². The third-order valence-corrected chi connectivity index (χ3v) is 6.76. The Balaban J connectivity index is 1.72. The molecular weight excluding hydrogens is 472 g/mol. The van der Waals surface area contributed by atoms with Gasteiger partial charge in [0.05, 0.1) is 24.2 Å². The molecule has 0 radical (unpaired) electrons. The van der Waals surface area contributed by atoms with E-state index in [2.05, 4.69) is 15.5 Å². The fourth-order valence-electron chi connectivity index (χ4n) is 3.00. The number of nitrogens with zero attached hydrogens (tertiary/aromatic N) is 4. The van der Waals surface area contributed by atoms with Gasteiger partial charge in [0, 0.05) is 18.3 Å². The van der Waals surface area contributed by atoms with Crippen LogP contribution >= 0.6 is 11.8 Å². The molecule has 3 aromatic rings. The molecule has 0 saturated heterocycles. The summed E-state index contributed by atoms with van der Waals surface area (Å²) in [5, 5.41) is 11.2. The third kappa shape index (κ3) is 6.29. The summed E-state index contributed by atoms with van der Waals surface area (Å²) < 4.78 is 54.2. The van der Waals surface area contributed by atoms with Gasteiger partial charge in [-0.2, -0.15) is 0 Å². The lowest BCUT2D eigenvalue weighted by atomic mass is 10.2. The number of aromatic nitrogens is 3. The maximum Gasteiger partial charge on any atom is 0.234 e. The summed E-state index contributed by atoms with van der Waals surface area (Å²) in [5.74, 6) is -2.12.